The molecule has 1 fully saturated rings. The lowest BCUT2D eigenvalue weighted by Crippen LogP contribution is -1.94. The van der Waals surface area contributed by atoms with Crippen molar-refractivity contribution >= 4 is 0 Å². The lowest BCUT2D eigenvalue weighted by atomic mass is 10.0. The quantitative estimate of drug-likeness (QED) is 0.235. The molecule has 0 aromatic rings. The SMILES string of the molecule is C=CCCCCCCCC[C@@H]1O[C@@H]1CCCCC. The number of epoxide rings is 1. The van der Waals surface area contributed by atoms with Crippen molar-refractivity contribution in [3.8, 4) is 0 Å². The molecular formula is C17H32O. The Labute approximate surface area is 114 Å². The highest BCUT2D eigenvalue weighted by Gasteiger charge is 2.36. The number of ether oxygens (including phenoxy) is 1. The summed E-state index contributed by atoms with van der Waals surface area (Å²) >= 11 is 0. The third kappa shape index (κ3) is 7.92. The minimum Gasteiger partial charge on any atom is -0.370 e. The van der Waals surface area contributed by atoms with Crippen molar-refractivity contribution in [1.82, 2.24) is 0 Å². The maximum atomic E-state index is 5.71. The average molecular weight is 252 g/mol. The summed E-state index contributed by atoms with van der Waals surface area (Å²) in [6, 6.07) is 0. The van der Waals surface area contributed by atoms with Crippen LogP contribution in [-0.4, -0.2) is 12.2 Å². The van der Waals surface area contributed by atoms with Crippen molar-refractivity contribution in [2.45, 2.75) is 96.2 Å². The molecule has 0 N–H and O–H groups in total. The molecule has 1 aliphatic heterocycles. The molecular weight excluding hydrogens is 220 g/mol. The minimum atomic E-state index is 0.627. The third-order valence-electron chi connectivity index (χ3n) is 3.93. The summed E-state index contributed by atoms with van der Waals surface area (Å²) in [6.07, 6.45) is 19.4. The minimum absolute atomic E-state index is 0.627. The van der Waals surface area contributed by atoms with E-state index in [4.69, 9.17) is 4.74 Å². The molecule has 0 spiro atoms. The molecule has 0 bridgehead atoms. The van der Waals surface area contributed by atoms with Gasteiger partial charge in [-0.1, -0.05) is 64.4 Å². The lowest BCUT2D eigenvalue weighted by Gasteiger charge is -2.00. The molecule has 0 unspecified atom stereocenters. The summed E-state index contributed by atoms with van der Waals surface area (Å²) < 4.78 is 5.71. The van der Waals surface area contributed by atoms with Gasteiger partial charge in [-0.05, 0) is 25.7 Å². The van der Waals surface area contributed by atoms with Crippen molar-refractivity contribution in [2.24, 2.45) is 0 Å². The Morgan fingerprint density at radius 3 is 2.00 bits per heavy atom. The van der Waals surface area contributed by atoms with Crippen LogP contribution in [0.25, 0.3) is 0 Å². The normalized spacial score (nSPS) is 22.1. The fourth-order valence-electron chi connectivity index (χ4n) is 2.62. The number of rotatable bonds is 13. The van der Waals surface area contributed by atoms with Crippen LogP contribution in [0.4, 0.5) is 0 Å². The molecule has 0 amide bonds. The van der Waals surface area contributed by atoms with Crippen molar-refractivity contribution in [3.05, 3.63) is 12.7 Å². The molecule has 0 aromatic heterocycles. The predicted octanol–water partition coefficient (Wildman–Crippen LogP) is 5.64. The number of hydrogen-bond acceptors (Lipinski definition) is 1. The van der Waals surface area contributed by atoms with E-state index in [1.807, 2.05) is 6.08 Å². The topological polar surface area (TPSA) is 12.5 Å². The van der Waals surface area contributed by atoms with Gasteiger partial charge >= 0.3 is 0 Å². The van der Waals surface area contributed by atoms with E-state index < -0.39 is 0 Å². The number of hydrogen-bond donors (Lipinski definition) is 0. The van der Waals surface area contributed by atoms with Crippen LogP contribution in [-0.2, 0) is 4.74 Å². The smallest absolute Gasteiger partial charge is 0.0841 e. The fraction of sp³-hybridized carbons (Fsp3) is 0.882. The molecule has 1 saturated heterocycles. The van der Waals surface area contributed by atoms with E-state index >= 15 is 0 Å². The lowest BCUT2D eigenvalue weighted by molar-refractivity contribution is 0.348. The van der Waals surface area contributed by atoms with Crippen LogP contribution in [0.3, 0.4) is 0 Å². The molecule has 1 nitrogen and oxygen atoms in total. The molecule has 18 heavy (non-hydrogen) atoms. The van der Waals surface area contributed by atoms with E-state index in [1.54, 1.807) is 0 Å². The highest BCUT2D eigenvalue weighted by Crippen LogP contribution is 2.31. The Bertz CT molecular complexity index is 200. The molecule has 1 aliphatic rings. The Hall–Kier alpha value is -0.300. The predicted molar refractivity (Wildman–Crippen MR) is 79.9 cm³/mol. The molecule has 2 atom stereocenters. The summed E-state index contributed by atoms with van der Waals surface area (Å²) in [5, 5.41) is 0. The first kappa shape index (κ1) is 15.8. The summed E-state index contributed by atoms with van der Waals surface area (Å²) in [7, 11) is 0. The van der Waals surface area contributed by atoms with Gasteiger partial charge in [0.1, 0.15) is 0 Å². The summed E-state index contributed by atoms with van der Waals surface area (Å²) in [6.45, 7) is 6.02. The van der Waals surface area contributed by atoms with E-state index in [-0.39, 0.29) is 0 Å². The number of unbranched alkanes of at least 4 members (excludes halogenated alkanes) is 8. The van der Waals surface area contributed by atoms with Gasteiger partial charge in [0, 0.05) is 0 Å². The molecule has 1 rings (SSSR count). The van der Waals surface area contributed by atoms with Crippen LogP contribution in [0.15, 0.2) is 12.7 Å². The van der Waals surface area contributed by atoms with Gasteiger partial charge in [0.15, 0.2) is 0 Å². The van der Waals surface area contributed by atoms with Crippen LogP contribution in [0.2, 0.25) is 0 Å². The molecule has 0 saturated carbocycles. The van der Waals surface area contributed by atoms with Gasteiger partial charge in [0.2, 0.25) is 0 Å². The van der Waals surface area contributed by atoms with Crippen LogP contribution >= 0.6 is 0 Å². The van der Waals surface area contributed by atoms with Crippen molar-refractivity contribution in [2.75, 3.05) is 0 Å². The van der Waals surface area contributed by atoms with Crippen LogP contribution in [0.5, 0.6) is 0 Å². The van der Waals surface area contributed by atoms with E-state index in [1.165, 1.54) is 77.0 Å². The molecule has 1 heterocycles. The standard InChI is InChI=1S/C17H32O/c1-3-5-7-8-9-10-11-13-15-17-16(18-17)14-12-6-4-2/h3,16-17H,1,4-15H2,2H3/t16-,17+/m1/s1. The zero-order valence-electron chi connectivity index (χ0n) is 12.3. The Morgan fingerprint density at radius 2 is 1.39 bits per heavy atom. The van der Waals surface area contributed by atoms with Crippen molar-refractivity contribution in [3.63, 3.8) is 0 Å². The molecule has 1 heteroatoms. The van der Waals surface area contributed by atoms with Gasteiger partial charge in [0.25, 0.3) is 0 Å². The fourth-order valence-corrected chi connectivity index (χ4v) is 2.62. The maximum Gasteiger partial charge on any atom is 0.0841 e. The van der Waals surface area contributed by atoms with E-state index in [0.717, 1.165) is 0 Å². The molecule has 0 aromatic carbocycles. The highest BCUT2D eigenvalue weighted by molar-refractivity contribution is 4.84. The van der Waals surface area contributed by atoms with Gasteiger partial charge in [-0.15, -0.1) is 6.58 Å². The second-order valence-electron chi connectivity index (χ2n) is 5.70. The van der Waals surface area contributed by atoms with E-state index in [9.17, 15) is 0 Å². The van der Waals surface area contributed by atoms with E-state index in [0.29, 0.717) is 12.2 Å². The first-order valence-corrected chi connectivity index (χ1v) is 8.14. The Balaban J connectivity index is 1.76. The van der Waals surface area contributed by atoms with E-state index in [2.05, 4.69) is 13.5 Å². The zero-order chi connectivity index (χ0) is 13.1. The largest absolute Gasteiger partial charge is 0.370 e. The highest BCUT2D eigenvalue weighted by atomic mass is 16.6. The second-order valence-corrected chi connectivity index (χ2v) is 5.70. The average Bonchev–Trinajstić information content (AvgIpc) is 3.12. The number of allylic oxidation sites excluding steroid dienone is 1. The second kappa shape index (κ2) is 10.6. The third-order valence-corrected chi connectivity index (χ3v) is 3.93. The van der Waals surface area contributed by atoms with Crippen molar-refractivity contribution < 1.29 is 4.74 Å². The van der Waals surface area contributed by atoms with Crippen LogP contribution < -0.4 is 0 Å². The monoisotopic (exact) mass is 252 g/mol. The van der Waals surface area contributed by atoms with Gasteiger partial charge in [0.05, 0.1) is 12.2 Å². The molecule has 0 aliphatic carbocycles. The van der Waals surface area contributed by atoms with Gasteiger partial charge < -0.3 is 4.74 Å². The summed E-state index contributed by atoms with van der Waals surface area (Å²) in [5.41, 5.74) is 0. The first-order valence-electron chi connectivity index (χ1n) is 8.14. The van der Waals surface area contributed by atoms with Crippen LogP contribution in [0, 0.1) is 0 Å². The van der Waals surface area contributed by atoms with Crippen LogP contribution in [0.1, 0.15) is 84.0 Å². The van der Waals surface area contributed by atoms with Crippen molar-refractivity contribution in [1.29, 1.82) is 0 Å². The van der Waals surface area contributed by atoms with Gasteiger partial charge in [-0.2, -0.15) is 0 Å². The summed E-state index contributed by atoms with van der Waals surface area (Å²) in [5.74, 6) is 0. The zero-order valence-corrected chi connectivity index (χ0v) is 12.3. The molecule has 0 radical (unpaired) electrons. The first-order chi connectivity index (χ1) is 8.88. The Kier molecular flexibility index (Phi) is 9.28. The summed E-state index contributed by atoms with van der Waals surface area (Å²) in [4.78, 5) is 0. The maximum absolute atomic E-state index is 5.71. The van der Waals surface area contributed by atoms with Gasteiger partial charge in [-0.25, -0.2) is 0 Å². The Morgan fingerprint density at radius 1 is 0.833 bits per heavy atom. The van der Waals surface area contributed by atoms with Gasteiger partial charge in [-0.3, -0.25) is 0 Å². The molecule has 106 valence electrons.